The van der Waals surface area contributed by atoms with Crippen LogP contribution in [-0.2, 0) is 0 Å². The van der Waals surface area contributed by atoms with Gasteiger partial charge < -0.3 is 10.5 Å². The average molecular weight is 373 g/mol. The predicted octanol–water partition coefficient (Wildman–Crippen LogP) is 4.93. The van der Waals surface area contributed by atoms with Crippen LogP contribution in [-0.4, -0.2) is 15.2 Å². The molecular weight excluding hydrogens is 362 g/mol. The number of hydrogen-bond donors (Lipinski definition) is 2. The Labute approximate surface area is 151 Å². The Morgan fingerprint density at radius 2 is 1.88 bits per heavy atom. The van der Waals surface area contributed by atoms with Crippen molar-refractivity contribution in [2.45, 2.75) is 0 Å². The van der Waals surface area contributed by atoms with E-state index in [1.165, 1.54) is 0 Å². The van der Waals surface area contributed by atoms with Crippen molar-refractivity contribution in [1.29, 1.82) is 0 Å². The summed E-state index contributed by atoms with van der Waals surface area (Å²) in [7, 11) is 0. The van der Waals surface area contributed by atoms with Crippen LogP contribution < -0.4 is 10.5 Å². The summed E-state index contributed by atoms with van der Waals surface area (Å²) in [6.07, 6.45) is 0. The number of nitrogens with zero attached hydrogens (tertiary/aromatic N) is 2. The molecule has 0 aliphatic rings. The van der Waals surface area contributed by atoms with Gasteiger partial charge >= 0.3 is 0 Å². The lowest BCUT2D eigenvalue weighted by atomic mass is 10.1. The number of ether oxygens (including phenoxy) is 1. The maximum Gasteiger partial charge on any atom is 0.244 e. The highest BCUT2D eigenvalue weighted by molar-refractivity contribution is 6.33. The molecule has 0 spiro atoms. The van der Waals surface area contributed by atoms with Crippen LogP contribution >= 0.6 is 11.6 Å². The van der Waals surface area contributed by atoms with Crippen LogP contribution in [0.15, 0.2) is 48.5 Å². The van der Waals surface area contributed by atoms with Gasteiger partial charge in [-0.3, -0.25) is 5.10 Å². The Hall–Kier alpha value is -3.19. The maximum absolute atomic E-state index is 13.8. The topological polar surface area (TPSA) is 76.8 Å². The van der Waals surface area contributed by atoms with Gasteiger partial charge in [-0.1, -0.05) is 29.8 Å². The molecular formula is C18H11ClF2N4O. The first kappa shape index (κ1) is 16.3. The summed E-state index contributed by atoms with van der Waals surface area (Å²) >= 11 is 6.22. The minimum Gasteiger partial charge on any atom is -0.434 e. The van der Waals surface area contributed by atoms with Crippen LogP contribution in [0.25, 0.3) is 22.3 Å². The van der Waals surface area contributed by atoms with E-state index in [1.807, 2.05) is 18.2 Å². The van der Waals surface area contributed by atoms with E-state index >= 15 is 0 Å². The number of rotatable bonds is 3. The van der Waals surface area contributed by atoms with Crippen molar-refractivity contribution in [3.8, 4) is 22.9 Å². The fraction of sp³-hybridized carbons (Fsp3) is 0. The van der Waals surface area contributed by atoms with Crippen molar-refractivity contribution in [3.05, 3.63) is 65.2 Å². The van der Waals surface area contributed by atoms with Crippen molar-refractivity contribution in [2.75, 3.05) is 5.73 Å². The fourth-order valence-electron chi connectivity index (χ4n) is 2.55. The molecule has 0 saturated carbocycles. The number of aromatic nitrogens is 3. The first-order valence-corrected chi connectivity index (χ1v) is 7.93. The zero-order valence-corrected chi connectivity index (χ0v) is 13.9. The van der Waals surface area contributed by atoms with Crippen molar-refractivity contribution < 1.29 is 13.5 Å². The fourth-order valence-corrected chi connectivity index (χ4v) is 2.77. The minimum atomic E-state index is -0.854. The molecule has 0 radical (unpaired) electrons. The monoisotopic (exact) mass is 372 g/mol. The molecule has 2 aromatic carbocycles. The smallest absolute Gasteiger partial charge is 0.244 e. The molecule has 130 valence electrons. The van der Waals surface area contributed by atoms with Gasteiger partial charge in [0.1, 0.15) is 11.5 Å². The maximum atomic E-state index is 13.8. The number of aromatic amines is 1. The van der Waals surface area contributed by atoms with Crippen molar-refractivity contribution in [2.24, 2.45) is 0 Å². The summed E-state index contributed by atoms with van der Waals surface area (Å²) < 4.78 is 32.2. The van der Waals surface area contributed by atoms with Crippen LogP contribution in [0.3, 0.4) is 0 Å². The molecule has 26 heavy (non-hydrogen) atoms. The SMILES string of the molecule is Nc1cc2c(-c3ccccc3Cl)n[nH]c2nc1Oc1ccc(F)cc1F. The molecule has 0 atom stereocenters. The van der Waals surface area contributed by atoms with Gasteiger partial charge in [0.15, 0.2) is 17.2 Å². The highest BCUT2D eigenvalue weighted by Gasteiger charge is 2.16. The van der Waals surface area contributed by atoms with Gasteiger partial charge in [0.2, 0.25) is 5.88 Å². The van der Waals surface area contributed by atoms with E-state index in [0.29, 0.717) is 21.7 Å². The first-order valence-electron chi connectivity index (χ1n) is 7.55. The van der Waals surface area contributed by atoms with E-state index in [2.05, 4.69) is 15.2 Å². The number of anilines is 1. The molecule has 8 heteroatoms. The van der Waals surface area contributed by atoms with E-state index in [9.17, 15) is 8.78 Å². The molecule has 2 aromatic heterocycles. The Bertz CT molecular complexity index is 1130. The summed E-state index contributed by atoms with van der Waals surface area (Å²) in [6.45, 7) is 0. The number of pyridine rings is 1. The van der Waals surface area contributed by atoms with Crippen LogP contribution in [0.1, 0.15) is 0 Å². The number of nitrogens with one attached hydrogen (secondary N) is 1. The van der Waals surface area contributed by atoms with Crippen molar-refractivity contribution >= 4 is 28.3 Å². The number of H-pyrrole nitrogens is 1. The number of nitrogen functional groups attached to an aromatic ring is 1. The molecule has 5 nitrogen and oxygen atoms in total. The second-order valence-corrected chi connectivity index (χ2v) is 5.91. The van der Waals surface area contributed by atoms with Crippen molar-refractivity contribution in [1.82, 2.24) is 15.2 Å². The third-order valence-corrected chi connectivity index (χ3v) is 4.10. The quantitative estimate of drug-likeness (QED) is 0.534. The molecule has 0 fully saturated rings. The molecule has 0 amide bonds. The van der Waals surface area contributed by atoms with Gasteiger partial charge in [0.05, 0.1) is 10.7 Å². The summed E-state index contributed by atoms with van der Waals surface area (Å²) in [5.41, 5.74) is 7.88. The summed E-state index contributed by atoms with van der Waals surface area (Å²) in [4.78, 5) is 4.24. The zero-order chi connectivity index (χ0) is 18.3. The van der Waals surface area contributed by atoms with E-state index in [-0.39, 0.29) is 17.3 Å². The number of nitrogens with two attached hydrogens (primary N) is 1. The van der Waals surface area contributed by atoms with E-state index < -0.39 is 11.6 Å². The molecule has 0 aliphatic carbocycles. The summed E-state index contributed by atoms with van der Waals surface area (Å²) in [5, 5.41) is 8.20. The summed E-state index contributed by atoms with van der Waals surface area (Å²) in [5.74, 6) is -1.76. The Kier molecular flexibility index (Phi) is 3.93. The predicted molar refractivity (Wildman–Crippen MR) is 95.2 cm³/mol. The molecule has 0 unspecified atom stereocenters. The minimum absolute atomic E-state index is 0.0163. The molecule has 4 aromatic rings. The number of fused-ring (bicyclic) bond motifs is 1. The van der Waals surface area contributed by atoms with Gasteiger partial charge in [-0.05, 0) is 24.3 Å². The highest BCUT2D eigenvalue weighted by atomic mass is 35.5. The normalized spacial score (nSPS) is 11.0. The third-order valence-electron chi connectivity index (χ3n) is 3.77. The Morgan fingerprint density at radius 3 is 2.65 bits per heavy atom. The lowest BCUT2D eigenvalue weighted by Gasteiger charge is -2.08. The van der Waals surface area contributed by atoms with Gasteiger partial charge in [-0.25, -0.2) is 8.78 Å². The van der Waals surface area contributed by atoms with Gasteiger partial charge in [-0.2, -0.15) is 10.1 Å². The number of halogens is 3. The zero-order valence-electron chi connectivity index (χ0n) is 13.1. The summed E-state index contributed by atoms with van der Waals surface area (Å²) in [6, 6.07) is 11.8. The Balaban J connectivity index is 1.78. The lowest BCUT2D eigenvalue weighted by Crippen LogP contribution is -1.97. The molecule has 0 bridgehead atoms. The number of benzene rings is 2. The van der Waals surface area contributed by atoms with E-state index in [4.69, 9.17) is 22.1 Å². The third kappa shape index (κ3) is 2.82. The highest BCUT2D eigenvalue weighted by Crippen LogP contribution is 2.35. The molecule has 2 heterocycles. The standard InChI is InChI=1S/C18H11ClF2N4O/c19-12-4-2-1-3-10(12)16-11-8-14(22)18(23-17(11)25-24-16)26-15-6-5-9(20)7-13(15)21/h1-8H,22H2,(H,23,24,25). The van der Waals surface area contributed by atoms with Crippen LogP contribution in [0.2, 0.25) is 5.02 Å². The first-order chi connectivity index (χ1) is 12.5. The second kappa shape index (κ2) is 6.27. The average Bonchev–Trinajstić information content (AvgIpc) is 3.00. The van der Waals surface area contributed by atoms with Crippen molar-refractivity contribution in [3.63, 3.8) is 0 Å². The van der Waals surface area contributed by atoms with Gasteiger partial charge in [-0.15, -0.1) is 0 Å². The largest absolute Gasteiger partial charge is 0.434 e. The van der Waals surface area contributed by atoms with Crippen LogP contribution in [0.5, 0.6) is 11.6 Å². The molecule has 4 rings (SSSR count). The molecule has 0 aliphatic heterocycles. The lowest BCUT2D eigenvalue weighted by molar-refractivity contribution is 0.427. The Morgan fingerprint density at radius 1 is 1.08 bits per heavy atom. The molecule has 0 saturated heterocycles. The van der Waals surface area contributed by atoms with E-state index in [0.717, 1.165) is 23.8 Å². The van der Waals surface area contributed by atoms with Gasteiger partial charge in [0, 0.05) is 17.0 Å². The van der Waals surface area contributed by atoms with Gasteiger partial charge in [0.25, 0.3) is 0 Å². The van der Waals surface area contributed by atoms with Crippen LogP contribution in [0, 0.1) is 11.6 Å². The van der Waals surface area contributed by atoms with Crippen LogP contribution in [0.4, 0.5) is 14.5 Å². The molecule has 3 N–H and O–H groups in total. The number of hydrogen-bond acceptors (Lipinski definition) is 4. The van der Waals surface area contributed by atoms with E-state index in [1.54, 1.807) is 12.1 Å². The second-order valence-electron chi connectivity index (χ2n) is 5.51.